The average molecular weight is 400 g/mol. The quantitative estimate of drug-likeness (QED) is 0.566. The molecule has 2 aromatic heterocycles. The van der Waals surface area contributed by atoms with E-state index < -0.39 is 26.6 Å². The standard InChI is InChI=1S/C19H14F2N4O2S/c1-12-3-4-13(18-11-25-6-2-5-22-19(25)23-18)7-17(12)24-28(26,27)16-9-14(20)8-15(21)10-16/h2-11,24H,1H3. The van der Waals surface area contributed by atoms with E-state index in [9.17, 15) is 17.2 Å². The molecule has 28 heavy (non-hydrogen) atoms. The van der Waals surface area contributed by atoms with Crippen LogP contribution in [0.25, 0.3) is 17.0 Å². The first-order valence-corrected chi connectivity index (χ1v) is 9.70. The first-order chi connectivity index (χ1) is 13.3. The third kappa shape index (κ3) is 3.44. The maximum absolute atomic E-state index is 13.4. The molecule has 0 amide bonds. The van der Waals surface area contributed by atoms with Crippen molar-refractivity contribution in [3.05, 3.63) is 78.3 Å². The van der Waals surface area contributed by atoms with Crippen molar-refractivity contribution in [1.82, 2.24) is 14.4 Å². The van der Waals surface area contributed by atoms with E-state index in [1.54, 1.807) is 54.2 Å². The zero-order valence-electron chi connectivity index (χ0n) is 14.6. The third-order valence-corrected chi connectivity index (χ3v) is 5.50. The molecule has 0 aliphatic rings. The lowest BCUT2D eigenvalue weighted by Crippen LogP contribution is -2.14. The summed E-state index contributed by atoms with van der Waals surface area (Å²) in [7, 11) is -4.17. The molecule has 0 saturated carbocycles. The molecule has 0 unspecified atom stereocenters. The molecule has 2 heterocycles. The number of aromatic nitrogens is 3. The topological polar surface area (TPSA) is 76.4 Å². The van der Waals surface area contributed by atoms with Gasteiger partial charge in [-0.25, -0.2) is 27.2 Å². The van der Waals surface area contributed by atoms with Crippen LogP contribution in [0.15, 0.2) is 66.0 Å². The van der Waals surface area contributed by atoms with E-state index in [1.165, 1.54) is 0 Å². The first kappa shape index (κ1) is 18.1. The van der Waals surface area contributed by atoms with Crippen molar-refractivity contribution in [2.24, 2.45) is 0 Å². The number of nitrogens with one attached hydrogen (secondary N) is 1. The Bertz CT molecular complexity index is 1250. The lowest BCUT2D eigenvalue weighted by molar-refractivity contribution is 0.568. The van der Waals surface area contributed by atoms with Gasteiger partial charge < -0.3 is 0 Å². The summed E-state index contributed by atoms with van der Waals surface area (Å²) in [6.07, 6.45) is 5.20. The number of sulfonamides is 1. The fourth-order valence-corrected chi connectivity index (χ4v) is 3.91. The molecule has 0 fully saturated rings. The molecule has 0 bridgehead atoms. The van der Waals surface area contributed by atoms with Gasteiger partial charge in [0.1, 0.15) is 11.6 Å². The van der Waals surface area contributed by atoms with Crippen LogP contribution in [0.4, 0.5) is 14.5 Å². The summed E-state index contributed by atoms with van der Waals surface area (Å²) in [6, 6.07) is 9.06. The summed E-state index contributed by atoms with van der Waals surface area (Å²) in [5, 5.41) is 0. The lowest BCUT2D eigenvalue weighted by atomic mass is 10.1. The van der Waals surface area contributed by atoms with Crippen molar-refractivity contribution in [2.45, 2.75) is 11.8 Å². The molecule has 0 aliphatic heterocycles. The largest absolute Gasteiger partial charge is 0.291 e. The number of rotatable bonds is 4. The summed E-state index contributed by atoms with van der Waals surface area (Å²) >= 11 is 0. The van der Waals surface area contributed by atoms with E-state index >= 15 is 0 Å². The minimum Gasteiger partial charge on any atom is -0.291 e. The van der Waals surface area contributed by atoms with Crippen LogP contribution in [0.5, 0.6) is 0 Å². The Balaban J connectivity index is 1.73. The van der Waals surface area contributed by atoms with E-state index in [2.05, 4.69) is 14.7 Å². The van der Waals surface area contributed by atoms with Gasteiger partial charge in [-0.1, -0.05) is 12.1 Å². The van der Waals surface area contributed by atoms with Crippen LogP contribution in [0.3, 0.4) is 0 Å². The number of aryl methyl sites for hydroxylation is 1. The van der Waals surface area contributed by atoms with E-state index in [0.717, 1.165) is 12.1 Å². The zero-order chi connectivity index (χ0) is 19.9. The maximum atomic E-state index is 13.4. The van der Waals surface area contributed by atoms with Crippen LogP contribution in [0, 0.1) is 18.6 Å². The van der Waals surface area contributed by atoms with Gasteiger partial charge in [0, 0.05) is 30.2 Å². The van der Waals surface area contributed by atoms with E-state index in [4.69, 9.17) is 0 Å². The van der Waals surface area contributed by atoms with Gasteiger partial charge in [0.05, 0.1) is 16.3 Å². The highest BCUT2D eigenvalue weighted by atomic mass is 32.2. The first-order valence-electron chi connectivity index (χ1n) is 8.21. The average Bonchev–Trinajstić information content (AvgIpc) is 3.07. The number of halogens is 2. The van der Waals surface area contributed by atoms with Crippen molar-refractivity contribution in [3.63, 3.8) is 0 Å². The molecule has 6 nitrogen and oxygen atoms in total. The lowest BCUT2D eigenvalue weighted by Gasteiger charge is -2.12. The Hall–Kier alpha value is -3.33. The minimum absolute atomic E-state index is 0.284. The SMILES string of the molecule is Cc1ccc(-c2cn3cccnc3n2)cc1NS(=O)(=O)c1cc(F)cc(F)c1. The van der Waals surface area contributed by atoms with E-state index in [0.29, 0.717) is 28.7 Å². The Morgan fingerprint density at radius 2 is 1.82 bits per heavy atom. The van der Waals surface area contributed by atoms with Crippen LogP contribution >= 0.6 is 0 Å². The normalized spacial score (nSPS) is 11.7. The smallest absolute Gasteiger partial charge is 0.262 e. The van der Waals surface area contributed by atoms with Crippen LogP contribution < -0.4 is 4.72 Å². The van der Waals surface area contributed by atoms with Gasteiger partial charge in [-0.3, -0.25) is 9.12 Å². The van der Waals surface area contributed by atoms with Gasteiger partial charge in [0.2, 0.25) is 5.78 Å². The Morgan fingerprint density at radius 1 is 1.07 bits per heavy atom. The highest BCUT2D eigenvalue weighted by Gasteiger charge is 2.18. The summed E-state index contributed by atoms with van der Waals surface area (Å²) in [6.45, 7) is 1.72. The number of hydrogen-bond acceptors (Lipinski definition) is 4. The molecule has 0 saturated heterocycles. The second kappa shape index (κ2) is 6.68. The molecular weight excluding hydrogens is 386 g/mol. The van der Waals surface area contributed by atoms with Crippen molar-refractivity contribution in [1.29, 1.82) is 0 Å². The molecule has 0 atom stereocenters. The van der Waals surface area contributed by atoms with E-state index in [-0.39, 0.29) is 5.69 Å². The van der Waals surface area contributed by atoms with Crippen LogP contribution in [0.2, 0.25) is 0 Å². The summed E-state index contributed by atoms with van der Waals surface area (Å²) in [4.78, 5) is 8.07. The number of imidazole rings is 1. The van der Waals surface area contributed by atoms with Gasteiger partial charge in [0.15, 0.2) is 0 Å². The summed E-state index contributed by atoms with van der Waals surface area (Å²) in [5.74, 6) is -1.43. The fourth-order valence-electron chi connectivity index (χ4n) is 2.75. The predicted octanol–water partition coefficient (Wildman–Crippen LogP) is 3.78. The Morgan fingerprint density at radius 3 is 2.54 bits per heavy atom. The maximum Gasteiger partial charge on any atom is 0.262 e. The monoisotopic (exact) mass is 400 g/mol. The number of nitrogens with zero attached hydrogens (tertiary/aromatic N) is 3. The van der Waals surface area contributed by atoms with Crippen LogP contribution in [-0.2, 0) is 10.0 Å². The molecule has 2 aromatic carbocycles. The number of benzene rings is 2. The molecule has 1 N–H and O–H groups in total. The van der Waals surface area contributed by atoms with Crippen LogP contribution in [-0.4, -0.2) is 22.8 Å². The molecular formula is C19H14F2N4O2S. The highest BCUT2D eigenvalue weighted by Crippen LogP contribution is 2.27. The predicted molar refractivity (Wildman–Crippen MR) is 100 cm³/mol. The van der Waals surface area contributed by atoms with Crippen molar-refractivity contribution >= 4 is 21.5 Å². The van der Waals surface area contributed by atoms with E-state index in [1.807, 2.05) is 0 Å². The van der Waals surface area contributed by atoms with Gasteiger partial charge in [-0.2, -0.15) is 0 Å². The number of hydrogen-bond donors (Lipinski definition) is 1. The summed E-state index contributed by atoms with van der Waals surface area (Å²) in [5.41, 5.74) is 2.20. The van der Waals surface area contributed by atoms with Crippen molar-refractivity contribution in [2.75, 3.05) is 4.72 Å². The molecule has 4 aromatic rings. The Labute approximate surface area is 159 Å². The fraction of sp³-hybridized carbons (Fsp3) is 0.0526. The van der Waals surface area contributed by atoms with Gasteiger partial charge in [0.25, 0.3) is 10.0 Å². The second-order valence-electron chi connectivity index (χ2n) is 6.19. The minimum atomic E-state index is -4.17. The highest BCUT2D eigenvalue weighted by molar-refractivity contribution is 7.92. The number of anilines is 1. The zero-order valence-corrected chi connectivity index (χ0v) is 15.4. The molecule has 4 rings (SSSR count). The molecule has 142 valence electrons. The summed E-state index contributed by atoms with van der Waals surface area (Å²) < 4.78 is 56.1. The van der Waals surface area contributed by atoms with Gasteiger partial charge in [-0.15, -0.1) is 0 Å². The van der Waals surface area contributed by atoms with Crippen LogP contribution in [0.1, 0.15) is 5.56 Å². The van der Waals surface area contributed by atoms with Crippen molar-refractivity contribution < 1.29 is 17.2 Å². The molecule has 0 aliphatic carbocycles. The molecule has 0 spiro atoms. The second-order valence-corrected chi connectivity index (χ2v) is 7.88. The molecule has 0 radical (unpaired) electrons. The van der Waals surface area contributed by atoms with Crippen molar-refractivity contribution in [3.8, 4) is 11.3 Å². The van der Waals surface area contributed by atoms with Gasteiger partial charge >= 0.3 is 0 Å². The number of fused-ring (bicyclic) bond motifs is 1. The Kier molecular flexibility index (Phi) is 4.31. The third-order valence-electron chi connectivity index (χ3n) is 4.16. The molecule has 9 heteroatoms. The van der Waals surface area contributed by atoms with Gasteiger partial charge in [-0.05, 0) is 36.8 Å².